The Labute approximate surface area is 83.2 Å². The maximum Gasteiger partial charge on any atom is 0.256 e. The molecule has 0 fully saturated rings. The van der Waals surface area contributed by atoms with Gasteiger partial charge in [0.25, 0.3) is 5.91 Å². The first-order valence-corrected chi connectivity index (χ1v) is 4.32. The molecule has 0 radical (unpaired) electrons. The standard InChI is InChI=1S/C8H8BrFN2O/c1-12-8(13)6-5(11)3-2-4(9)7(6)10/h2-3H,11H2,1H3,(H,12,13). The Kier molecular flexibility index (Phi) is 2.87. The minimum absolute atomic E-state index is 0.125. The number of amides is 1. The van der Waals surface area contributed by atoms with E-state index in [1.54, 1.807) is 0 Å². The van der Waals surface area contributed by atoms with Crippen LogP contribution in [0, 0.1) is 5.82 Å². The molecule has 1 aromatic rings. The maximum absolute atomic E-state index is 13.3. The number of nitrogen functional groups attached to an aromatic ring is 1. The van der Waals surface area contributed by atoms with Crippen LogP contribution in [-0.4, -0.2) is 13.0 Å². The summed E-state index contributed by atoms with van der Waals surface area (Å²) in [4.78, 5) is 11.2. The van der Waals surface area contributed by atoms with Crippen molar-refractivity contribution >= 4 is 27.5 Å². The molecule has 3 N–H and O–H groups in total. The summed E-state index contributed by atoms with van der Waals surface area (Å²) in [7, 11) is 1.42. The van der Waals surface area contributed by atoms with Gasteiger partial charge < -0.3 is 11.1 Å². The van der Waals surface area contributed by atoms with E-state index in [0.29, 0.717) is 0 Å². The van der Waals surface area contributed by atoms with Crippen LogP contribution in [0.3, 0.4) is 0 Å². The van der Waals surface area contributed by atoms with Gasteiger partial charge in [-0.05, 0) is 28.1 Å². The van der Waals surface area contributed by atoms with Gasteiger partial charge in [-0.25, -0.2) is 4.39 Å². The molecule has 0 aliphatic heterocycles. The smallest absolute Gasteiger partial charge is 0.256 e. The third kappa shape index (κ3) is 1.80. The molecule has 0 aliphatic rings. The van der Waals surface area contributed by atoms with Crippen LogP contribution in [-0.2, 0) is 0 Å². The lowest BCUT2D eigenvalue weighted by molar-refractivity contribution is 0.0960. The van der Waals surface area contributed by atoms with Gasteiger partial charge in [-0.3, -0.25) is 4.79 Å². The van der Waals surface area contributed by atoms with Crippen LogP contribution in [0.1, 0.15) is 10.4 Å². The number of rotatable bonds is 1. The molecule has 0 atom stereocenters. The monoisotopic (exact) mass is 246 g/mol. The van der Waals surface area contributed by atoms with Gasteiger partial charge in [-0.2, -0.15) is 0 Å². The second-order valence-electron chi connectivity index (χ2n) is 2.40. The van der Waals surface area contributed by atoms with Gasteiger partial charge in [-0.15, -0.1) is 0 Å². The highest BCUT2D eigenvalue weighted by atomic mass is 79.9. The first kappa shape index (κ1) is 9.98. The van der Waals surface area contributed by atoms with E-state index in [1.807, 2.05) is 0 Å². The van der Waals surface area contributed by atoms with Crippen molar-refractivity contribution in [3.63, 3.8) is 0 Å². The van der Waals surface area contributed by atoms with Gasteiger partial charge >= 0.3 is 0 Å². The topological polar surface area (TPSA) is 55.1 Å². The van der Waals surface area contributed by atoms with Crippen molar-refractivity contribution in [3.8, 4) is 0 Å². The van der Waals surface area contributed by atoms with E-state index < -0.39 is 11.7 Å². The van der Waals surface area contributed by atoms with Crippen LogP contribution in [0.4, 0.5) is 10.1 Å². The van der Waals surface area contributed by atoms with Gasteiger partial charge in [-0.1, -0.05) is 0 Å². The maximum atomic E-state index is 13.3. The van der Waals surface area contributed by atoms with E-state index in [2.05, 4.69) is 21.2 Å². The molecule has 0 unspecified atom stereocenters. The summed E-state index contributed by atoms with van der Waals surface area (Å²) in [6.45, 7) is 0. The molecule has 1 aromatic carbocycles. The fraction of sp³-hybridized carbons (Fsp3) is 0.125. The number of carbonyl (C=O) groups excluding carboxylic acids is 1. The Bertz CT molecular complexity index is 354. The number of nitrogens with one attached hydrogen (secondary N) is 1. The van der Waals surface area contributed by atoms with Crippen molar-refractivity contribution < 1.29 is 9.18 Å². The van der Waals surface area contributed by atoms with Gasteiger partial charge in [0.15, 0.2) is 5.82 Å². The summed E-state index contributed by atoms with van der Waals surface area (Å²) < 4.78 is 13.5. The van der Waals surface area contributed by atoms with Crippen molar-refractivity contribution in [1.29, 1.82) is 0 Å². The fourth-order valence-electron chi connectivity index (χ4n) is 0.921. The van der Waals surface area contributed by atoms with E-state index >= 15 is 0 Å². The molecular formula is C8H8BrFN2O. The van der Waals surface area contributed by atoms with E-state index in [1.165, 1.54) is 19.2 Å². The molecule has 0 spiro atoms. The molecule has 0 aromatic heterocycles. The van der Waals surface area contributed by atoms with Crippen molar-refractivity contribution in [2.45, 2.75) is 0 Å². The molecular weight excluding hydrogens is 239 g/mol. The van der Waals surface area contributed by atoms with Crippen LogP contribution >= 0.6 is 15.9 Å². The number of carbonyl (C=O) groups is 1. The average molecular weight is 247 g/mol. The van der Waals surface area contributed by atoms with Crippen molar-refractivity contribution in [2.75, 3.05) is 12.8 Å². The molecule has 3 nitrogen and oxygen atoms in total. The third-order valence-electron chi connectivity index (χ3n) is 1.58. The summed E-state index contributed by atoms with van der Waals surface area (Å²) in [5.74, 6) is -1.17. The summed E-state index contributed by atoms with van der Waals surface area (Å²) in [5.41, 5.74) is 5.44. The van der Waals surface area contributed by atoms with Crippen LogP contribution < -0.4 is 11.1 Å². The highest BCUT2D eigenvalue weighted by molar-refractivity contribution is 9.10. The molecule has 5 heteroatoms. The Hall–Kier alpha value is -1.10. The predicted molar refractivity (Wildman–Crippen MR) is 51.9 cm³/mol. The molecule has 0 saturated carbocycles. The lowest BCUT2D eigenvalue weighted by atomic mass is 10.1. The molecule has 0 saturated heterocycles. The Morgan fingerprint density at radius 2 is 2.23 bits per heavy atom. The summed E-state index contributed by atoms with van der Waals surface area (Å²) in [5, 5.41) is 2.31. The van der Waals surface area contributed by atoms with E-state index in [0.717, 1.165) is 0 Å². The van der Waals surface area contributed by atoms with Crippen molar-refractivity contribution in [3.05, 3.63) is 28.0 Å². The zero-order valence-electron chi connectivity index (χ0n) is 6.90. The molecule has 0 aliphatic carbocycles. The highest BCUT2D eigenvalue weighted by Crippen LogP contribution is 2.23. The lowest BCUT2D eigenvalue weighted by Crippen LogP contribution is -2.21. The molecule has 1 rings (SSSR count). The van der Waals surface area contributed by atoms with Crippen molar-refractivity contribution in [2.24, 2.45) is 0 Å². The Morgan fingerprint density at radius 3 is 2.77 bits per heavy atom. The van der Waals surface area contributed by atoms with Gasteiger partial charge in [0.1, 0.15) is 0 Å². The number of nitrogens with two attached hydrogens (primary N) is 1. The average Bonchev–Trinajstić information content (AvgIpc) is 2.12. The minimum atomic E-state index is -0.639. The first-order chi connectivity index (χ1) is 6.07. The third-order valence-corrected chi connectivity index (χ3v) is 2.19. The molecule has 1 amide bonds. The summed E-state index contributed by atoms with van der Waals surface area (Å²) in [6, 6.07) is 2.93. The van der Waals surface area contributed by atoms with Gasteiger partial charge in [0.05, 0.1) is 10.0 Å². The van der Waals surface area contributed by atoms with Gasteiger partial charge in [0.2, 0.25) is 0 Å². The number of halogens is 2. The quantitative estimate of drug-likeness (QED) is 0.739. The number of benzene rings is 1. The predicted octanol–water partition coefficient (Wildman–Crippen LogP) is 1.53. The first-order valence-electron chi connectivity index (χ1n) is 3.53. The lowest BCUT2D eigenvalue weighted by Gasteiger charge is -2.06. The highest BCUT2D eigenvalue weighted by Gasteiger charge is 2.16. The van der Waals surface area contributed by atoms with Gasteiger partial charge in [0, 0.05) is 12.7 Å². The van der Waals surface area contributed by atoms with E-state index in [-0.39, 0.29) is 15.7 Å². The van der Waals surface area contributed by atoms with Crippen LogP contribution in [0.15, 0.2) is 16.6 Å². The van der Waals surface area contributed by atoms with Crippen LogP contribution in [0.5, 0.6) is 0 Å². The number of hydrogen-bond donors (Lipinski definition) is 2. The molecule has 0 bridgehead atoms. The normalized spacial score (nSPS) is 9.77. The molecule has 0 heterocycles. The van der Waals surface area contributed by atoms with Crippen LogP contribution in [0.2, 0.25) is 0 Å². The zero-order chi connectivity index (χ0) is 10.0. The van der Waals surface area contributed by atoms with E-state index in [4.69, 9.17) is 5.73 Å². The van der Waals surface area contributed by atoms with E-state index in [9.17, 15) is 9.18 Å². The number of hydrogen-bond acceptors (Lipinski definition) is 2. The summed E-state index contributed by atoms with van der Waals surface area (Å²) >= 11 is 2.97. The van der Waals surface area contributed by atoms with Crippen LogP contribution in [0.25, 0.3) is 0 Å². The number of anilines is 1. The largest absolute Gasteiger partial charge is 0.398 e. The Morgan fingerprint density at radius 1 is 1.62 bits per heavy atom. The van der Waals surface area contributed by atoms with Crippen molar-refractivity contribution in [1.82, 2.24) is 5.32 Å². The molecule has 70 valence electrons. The second kappa shape index (κ2) is 3.74. The fourth-order valence-corrected chi connectivity index (χ4v) is 1.25. The zero-order valence-corrected chi connectivity index (χ0v) is 8.48. The Balaban J connectivity index is 3.33. The SMILES string of the molecule is CNC(=O)c1c(N)ccc(Br)c1F. The summed E-state index contributed by atoms with van der Waals surface area (Å²) in [6.07, 6.45) is 0. The minimum Gasteiger partial charge on any atom is -0.398 e. The second-order valence-corrected chi connectivity index (χ2v) is 3.26. The molecule has 13 heavy (non-hydrogen) atoms.